The van der Waals surface area contributed by atoms with Crippen LogP contribution in [-0.2, 0) is 9.53 Å². The first-order valence-corrected chi connectivity index (χ1v) is 9.40. The van der Waals surface area contributed by atoms with Crippen LogP contribution in [0.5, 0.6) is 0 Å². The summed E-state index contributed by atoms with van der Waals surface area (Å²) in [5.74, 6) is 0. The SMILES string of the molecule is CCCCCCCCCCCCCCCCCCO[C]=O. The Hall–Kier alpha value is -0.530. The van der Waals surface area contributed by atoms with Crippen LogP contribution in [0.2, 0.25) is 0 Å². The Morgan fingerprint density at radius 3 is 1.24 bits per heavy atom. The van der Waals surface area contributed by atoms with Gasteiger partial charge in [-0.25, -0.2) is 4.79 Å². The lowest BCUT2D eigenvalue weighted by Crippen LogP contribution is -1.91. The van der Waals surface area contributed by atoms with Gasteiger partial charge in [-0.1, -0.05) is 103 Å². The fraction of sp³-hybridized carbons (Fsp3) is 0.947. The topological polar surface area (TPSA) is 26.3 Å². The lowest BCUT2D eigenvalue weighted by molar-refractivity contribution is 0.268. The Kier molecular flexibility index (Phi) is 19.0. The Labute approximate surface area is 133 Å². The Morgan fingerprint density at radius 2 is 0.905 bits per heavy atom. The molecule has 2 heteroatoms. The minimum atomic E-state index is 0.544. The van der Waals surface area contributed by atoms with Crippen molar-refractivity contribution in [3.63, 3.8) is 0 Å². The number of carbonyl (C=O) groups excluding carboxylic acids is 1. The molecule has 0 bridgehead atoms. The molecule has 0 atom stereocenters. The molecule has 0 heterocycles. The third kappa shape index (κ3) is 19.5. The average molecular weight is 298 g/mol. The minimum Gasteiger partial charge on any atom is -0.457 e. The number of unbranched alkanes of at least 4 members (excludes halogenated alkanes) is 15. The smallest absolute Gasteiger partial charge is 0.417 e. The van der Waals surface area contributed by atoms with E-state index in [4.69, 9.17) is 0 Å². The molecular formula is C19H37O2. The van der Waals surface area contributed by atoms with E-state index in [1.807, 2.05) is 0 Å². The summed E-state index contributed by atoms with van der Waals surface area (Å²) in [7, 11) is 0. The maximum atomic E-state index is 9.82. The van der Waals surface area contributed by atoms with Gasteiger partial charge >= 0.3 is 6.47 Å². The van der Waals surface area contributed by atoms with Gasteiger partial charge in [-0.3, -0.25) is 0 Å². The van der Waals surface area contributed by atoms with Crippen LogP contribution in [0, 0.1) is 0 Å². The average Bonchev–Trinajstić information content (AvgIpc) is 2.50. The van der Waals surface area contributed by atoms with Gasteiger partial charge in [-0.15, -0.1) is 0 Å². The normalized spacial score (nSPS) is 10.7. The largest absolute Gasteiger partial charge is 0.457 e. The molecule has 0 rings (SSSR count). The maximum Gasteiger partial charge on any atom is 0.417 e. The van der Waals surface area contributed by atoms with Crippen molar-refractivity contribution < 1.29 is 9.53 Å². The minimum absolute atomic E-state index is 0.544. The van der Waals surface area contributed by atoms with Crippen molar-refractivity contribution in [2.45, 2.75) is 110 Å². The number of hydrogen-bond acceptors (Lipinski definition) is 2. The predicted octanol–water partition coefficient (Wildman–Crippen LogP) is 6.33. The van der Waals surface area contributed by atoms with Crippen LogP contribution in [0.15, 0.2) is 0 Å². The fourth-order valence-corrected chi connectivity index (χ4v) is 2.76. The van der Waals surface area contributed by atoms with Gasteiger partial charge in [0.25, 0.3) is 0 Å². The van der Waals surface area contributed by atoms with Crippen molar-refractivity contribution in [3.05, 3.63) is 0 Å². The summed E-state index contributed by atoms with van der Waals surface area (Å²) in [6.07, 6.45) is 21.8. The van der Waals surface area contributed by atoms with E-state index in [0.29, 0.717) is 6.61 Å². The molecule has 0 saturated carbocycles. The van der Waals surface area contributed by atoms with Crippen LogP contribution in [0.1, 0.15) is 110 Å². The van der Waals surface area contributed by atoms with Crippen molar-refractivity contribution in [2.75, 3.05) is 6.61 Å². The van der Waals surface area contributed by atoms with E-state index >= 15 is 0 Å². The molecule has 0 fully saturated rings. The summed E-state index contributed by atoms with van der Waals surface area (Å²) in [6, 6.07) is 0. The third-order valence-electron chi connectivity index (χ3n) is 4.16. The van der Waals surface area contributed by atoms with Crippen molar-refractivity contribution in [2.24, 2.45) is 0 Å². The van der Waals surface area contributed by atoms with Gasteiger partial charge in [-0.2, -0.15) is 0 Å². The van der Waals surface area contributed by atoms with Crippen LogP contribution in [0.3, 0.4) is 0 Å². The second kappa shape index (κ2) is 19.5. The predicted molar refractivity (Wildman–Crippen MR) is 91.2 cm³/mol. The van der Waals surface area contributed by atoms with Crippen molar-refractivity contribution in [1.29, 1.82) is 0 Å². The van der Waals surface area contributed by atoms with Gasteiger partial charge in [0, 0.05) is 0 Å². The summed E-state index contributed by atoms with van der Waals surface area (Å²) < 4.78 is 4.55. The Balaban J connectivity index is 2.91. The molecule has 0 aromatic rings. The summed E-state index contributed by atoms with van der Waals surface area (Å²) in [5, 5.41) is 0. The molecule has 0 aliphatic heterocycles. The highest BCUT2D eigenvalue weighted by Crippen LogP contribution is 2.13. The molecule has 0 saturated heterocycles. The van der Waals surface area contributed by atoms with E-state index in [-0.39, 0.29) is 0 Å². The van der Waals surface area contributed by atoms with Gasteiger partial charge in [0.2, 0.25) is 0 Å². The zero-order valence-electron chi connectivity index (χ0n) is 14.3. The summed E-state index contributed by atoms with van der Waals surface area (Å²) in [6.45, 7) is 4.29. The van der Waals surface area contributed by atoms with Crippen LogP contribution in [0.4, 0.5) is 0 Å². The molecule has 0 spiro atoms. The molecule has 0 aromatic carbocycles. The maximum absolute atomic E-state index is 9.82. The molecule has 21 heavy (non-hydrogen) atoms. The molecule has 2 nitrogen and oxygen atoms in total. The summed E-state index contributed by atoms with van der Waals surface area (Å²) in [4.78, 5) is 9.82. The lowest BCUT2D eigenvalue weighted by atomic mass is 10.0. The van der Waals surface area contributed by atoms with Gasteiger partial charge in [0.1, 0.15) is 0 Å². The molecule has 1 radical (unpaired) electrons. The molecule has 0 N–H and O–H groups in total. The van der Waals surface area contributed by atoms with Gasteiger partial charge in [0.15, 0.2) is 0 Å². The number of rotatable bonds is 18. The van der Waals surface area contributed by atoms with Crippen molar-refractivity contribution in [1.82, 2.24) is 0 Å². The van der Waals surface area contributed by atoms with Crippen molar-refractivity contribution >= 4 is 6.47 Å². The lowest BCUT2D eigenvalue weighted by Gasteiger charge is -2.03. The monoisotopic (exact) mass is 297 g/mol. The highest BCUT2D eigenvalue weighted by Gasteiger charge is 1.94. The Morgan fingerprint density at radius 1 is 0.571 bits per heavy atom. The molecule has 0 aromatic heterocycles. The van der Waals surface area contributed by atoms with Gasteiger partial charge < -0.3 is 4.74 Å². The van der Waals surface area contributed by atoms with Crippen molar-refractivity contribution in [3.8, 4) is 0 Å². The zero-order chi connectivity index (χ0) is 15.4. The van der Waals surface area contributed by atoms with Gasteiger partial charge in [-0.05, 0) is 6.42 Å². The van der Waals surface area contributed by atoms with E-state index in [1.165, 1.54) is 103 Å². The van der Waals surface area contributed by atoms with E-state index in [9.17, 15) is 4.79 Å². The highest BCUT2D eigenvalue weighted by molar-refractivity contribution is 5.37. The second-order valence-electron chi connectivity index (χ2n) is 6.24. The second-order valence-corrected chi connectivity index (χ2v) is 6.24. The fourth-order valence-electron chi connectivity index (χ4n) is 2.76. The van der Waals surface area contributed by atoms with Crippen LogP contribution < -0.4 is 0 Å². The van der Waals surface area contributed by atoms with Crippen LogP contribution in [0.25, 0.3) is 0 Å². The van der Waals surface area contributed by atoms with Crippen LogP contribution >= 0.6 is 0 Å². The first kappa shape index (κ1) is 20.5. The van der Waals surface area contributed by atoms with E-state index in [0.717, 1.165) is 6.42 Å². The van der Waals surface area contributed by atoms with Crippen LogP contribution in [-0.4, -0.2) is 13.1 Å². The molecular weight excluding hydrogens is 260 g/mol. The highest BCUT2D eigenvalue weighted by atomic mass is 16.5. The molecule has 0 aliphatic carbocycles. The molecule has 125 valence electrons. The quantitative estimate of drug-likeness (QED) is 0.276. The molecule has 0 amide bonds. The van der Waals surface area contributed by atoms with E-state index in [2.05, 4.69) is 11.7 Å². The van der Waals surface area contributed by atoms with E-state index in [1.54, 1.807) is 0 Å². The zero-order valence-corrected chi connectivity index (χ0v) is 14.3. The Bertz CT molecular complexity index is 192. The molecule has 0 aliphatic rings. The van der Waals surface area contributed by atoms with E-state index < -0.39 is 0 Å². The third-order valence-corrected chi connectivity index (χ3v) is 4.16. The number of hydrogen-bond donors (Lipinski definition) is 0. The summed E-state index contributed by atoms with van der Waals surface area (Å²) in [5.41, 5.74) is 0. The van der Waals surface area contributed by atoms with Gasteiger partial charge in [0.05, 0.1) is 6.61 Å². The first-order chi connectivity index (χ1) is 10.4. The molecule has 0 unspecified atom stereocenters. The number of ether oxygens (including phenoxy) is 1. The summed E-state index contributed by atoms with van der Waals surface area (Å²) >= 11 is 0. The first-order valence-electron chi connectivity index (χ1n) is 9.40. The standard InChI is InChI=1S/C19H37O2/c1-2-3-4-5-6-7-8-9-10-11-12-13-14-15-16-17-18-21-19-20/h2-18H2,1H3.